The molecule has 0 aliphatic heterocycles. The number of nitrogens with one attached hydrogen (secondary N) is 3. The molecule has 6 heteroatoms. The molecule has 0 saturated carbocycles. The van der Waals surface area contributed by atoms with Crippen LogP contribution < -0.4 is 16.6 Å². The van der Waals surface area contributed by atoms with Crippen LogP contribution >= 0.6 is 0 Å². The number of carbonyl (C=O) groups excluding carboxylic acids is 1. The monoisotopic (exact) mass is 231 g/mol. The molecule has 0 atom stereocenters. The Labute approximate surface area is 98.2 Å². The van der Waals surface area contributed by atoms with Crippen molar-refractivity contribution in [2.45, 2.75) is 6.92 Å². The number of benzene rings is 1. The SMILES string of the molecule is Cc1ccc(C(=O)Nc2cn[nH]c2)c(NN)c1. The standard InChI is InChI=1S/C11H13N5O/c1-7-2-3-9(10(4-7)16-12)11(17)15-8-5-13-14-6-8/h2-6,16H,12H2,1H3,(H,13,14)(H,15,17). The topological polar surface area (TPSA) is 95.8 Å². The lowest BCUT2D eigenvalue weighted by Crippen LogP contribution is -2.17. The fraction of sp³-hybridized carbons (Fsp3) is 0.0909. The molecular formula is C11H13N5O. The van der Waals surface area contributed by atoms with Gasteiger partial charge < -0.3 is 10.7 Å². The number of carbonyl (C=O) groups is 1. The fourth-order valence-electron chi connectivity index (χ4n) is 1.49. The van der Waals surface area contributed by atoms with Gasteiger partial charge in [-0.3, -0.25) is 15.7 Å². The van der Waals surface area contributed by atoms with Crippen LogP contribution in [0.15, 0.2) is 30.6 Å². The third kappa shape index (κ3) is 2.43. The number of hydrazine groups is 1. The first-order valence-corrected chi connectivity index (χ1v) is 5.08. The molecule has 5 N–H and O–H groups in total. The van der Waals surface area contributed by atoms with Crippen molar-refractivity contribution in [2.24, 2.45) is 5.84 Å². The number of hydrogen-bond donors (Lipinski definition) is 4. The Bertz CT molecular complexity index is 521. The Morgan fingerprint density at radius 2 is 2.29 bits per heavy atom. The Morgan fingerprint density at radius 1 is 1.47 bits per heavy atom. The maximum absolute atomic E-state index is 12.0. The first kappa shape index (κ1) is 11.2. The van der Waals surface area contributed by atoms with Crippen molar-refractivity contribution in [1.29, 1.82) is 0 Å². The quantitative estimate of drug-likeness (QED) is 0.472. The van der Waals surface area contributed by atoms with E-state index in [0.29, 0.717) is 16.9 Å². The van der Waals surface area contributed by atoms with Gasteiger partial charge in [0, 0.05) is 6.20 Å². The zero-order valence-electron chi connectivity index (χ0n) is 9.32. The van der Waals surface area contributed by atoms with Crippen LogP contribution in [0.2, 0.25) is 0 Å². The van der Waals surface area contributed by atoms with Crippen molar-refractivity contribution < 1.29 is 4.79 Å². The smallest absolute Gasteiger partial charge is 0.257 e. The molecule has 0 saturated heterocycles. The zero-order valence-corrected chi connectivity index (χ0v) is 9.32. The summed E-state index contributed by atoms with van der Waals surface area (Å²) >= 11 is 0. The van der Waals surface area contributed by atoms with E-state index in [1.165, 1.54) is 6.20 Å². The number of rotatable bonds is 3. The normalized spacial score (nSPS) is 10.0. The molecule has 0 spiro atoms. The van der Waals surface area contributed by atoms with Crippen LogP contribution in [0.1, 0.15) is 15.9 Å². The second-order valence-corrected chi connectivity index (χ2v) is 3.63. The van der Waals surface area contributed by atoms with Gasteiger partial charge in [0.25, 0.3) is 5.91 Å². The summed E-state index contributed by atoms with van der Waals surface area (Å²) in [6, 6.07) is 5.38. The number of hydrogen-bond acceptors (Lipinski definition) is 4. The second-order valence-electron chi connectivity index (χ2n) is 3.63. The number of amides is 1. The lowest BCUT2D eigenvalue weighted by Gasteiger charge is -2.09. The summed E-state index contributed by atoms with van der Waals surface area (Å²) in [5.74, 6) is 5.15. The van der Waals surface area contributed by atoms with Gasteiger partial charge in [0.05, 0.1) is 23.1 Å². The lowest BCUT2D eigenvalue weighted by atomic mass is 10.1. The molecule has 0 unspecified atom stereocenters. The molecule has 6 nitrogen and oxygen atoms in total. The number of nitrogens with two attached hydrogens (primary N) is 1. The van der Waals surface area contributed by atoms with Gasteiger partial charge in [0.2, 0.25) is 0 Å². The van der Waals surface area contributed by atoms with Crippen molar-refractivity contribution in [1.82, 2.24) is 10.2 Å². The first-order valence-electron chi connectivity index (χ1n) is 5.08. The Balaban J connectivity index is 2.24. The van der Waals surface area contributed by atoms with Crippen molar-refractivity contribution in [2.75, 3.05) is 10.7 Å². The highest BCUT2D eigenvalue weighted by Crippen LogP contribution is 2.17. The molecule has 17 heavy (non-hydrogen) atoms. The van der Waals surface area contributed by atoms with E-state index in [0.717, 1.165) is 5.56 Å². The average Bonchev–Trinajstić information content (AvgIpc) is 2.81. The van der Waals surface area contributed by atoms with Crippen molar-refractivity contribution in [3.05, 3.63) is 41.7 Å². The van der Waals surface area contributed by atoms with Gasteiger partial charge in [0.1, 0.15) is 0 Å². The lowest BCUT2D eigenvalue weighted by molar-refractivity contribution is 0.102. The number of aromatic amines is 1. The zero-order chi connectivity index (χ0) is 12.3. The minimum absolute atomic E-state index is 0.237. The minimum atomic E-state index is -0.237. The van der Waals surface area contributed by atoms with E-state index in [1.807, 2.05) is 19.1 Å². The average molecular weight is 231 g/mol. The van der Waals surface area contributed by atoms with Crippen LogP contribution in [-0.4, -0.2) is 16.1 Å². The van der Waals surface area contributed by atoms with E-state index >= 15 is 0 Å². The number of nitrogens with zero attached hydrogens (tertiary/aromatic N) is 1. The number of H-pyrrole nitrogens is 1. The molecule has 1 aromatic heterocycles. The van der Waals surface area contributed by atoms with Gasteiger partial charge in [0.15, 0.2) is 0 Å². The van der Waals surface area contributed by atoms with E-state index in [9.17, 15) is 4.79 Å². The van der Waals surface area contributed by atoms with Crippen LogP contribution in [0.4, 0.5) is 11.4 Å². The Morgan fingerprint density at radius 3 is 2.94 bits per heavy atom. The molecular weight excluding hydrogens is 218 g/mol. The maximum atomic E-state index is 12.0. The van der Waals surface area contributed by atoms with Gasteiger partial charge in [-0.25, -0.2) is 0 Å². The molecule has 0 fully saturated rings. The third-order valence-corrected chi connectivity index (χ3v) is 2.33. The van der Waals surface area contributed by atoms with Crippen LogP contribution in [0, 0.1) is 6.92 Å². The van der Waals surface area contributed by atoms with E-state index in [1.54, 1.807) is 12.3 Å². The summed E-state index contributed by atoms with van der Waals surface area (Å²) in [6.07, 6.45) is 3.13. The highest BCUT2D eigenvalue weighted by atomic mass is 16.1. The molecule has 2 rings (SSSR count). The van der Waals surface area contributed by atoms with Crippen molar-refractivity contribution >= 4 is 17.3 Å². The second kappa shape index (κ2) is 4.67. The van der Waals surface area contributed by atoms with Crippen LogP contribution in [0.3, 0.4) is 0 Å². The van der Waals surface area contributed by atoms with Crippen molar-refractivity contribution in [3.63, 3.8) is 0 Å². The molecule has 0 aliphatic rings. The summed E-state index contributed by atoms with van der Waals surface area (Å²) in [6.45, 7) is 1.93. The van der Waals surface area contributed by atoms with Gasteiger partial charge in [-0.1, -0.05) is 6.07 Å². The summed E-state index contributed by atoms with van der Waals surface area (Å²) in [7, 11) is 0. The molecule has 1 amide bonds. The summed E-state index contributed by atoms with van der Waals surface area (Å²) in [5.41, 5.74) is 5.22. The first-order chi connectivity index (χ1) is 8.20. The summed E-state index contributed by atoms with van der Waals surface area (Å²) < 4.78 is 0. The number of anilines is 2. The van der Waals surface area contributed by atoms with Crippen LogP contribution in [-0.2, 0) is 0 Å². The Kier molecular flexibility index (Phi) is 3.06. The van der Waals surface area contributed by atoms with Crippen LogP contribution in [0.5, 0.6) is 0 Å². The third-order valence-electron chi connectivity index (χ3n) is 2.33. The Hall–Kier alpha value is -2.34. The fourth-order valence-corrected chi connectivity index (χ4v) is 1.49. The van der Waals surface area contributed by atoms with E-state index in [2.05, 4.69) is 20.9 Å². The largest absolute Gasteiger partial charge is 0.323 e. The van der Waals surface area contributed by atoms with Gasteiger partial charge in [-0.05, 0) is 24.6 Å². The maximum Gasteiger partial charge on any atom is 0.257 e. The van der Waals surface area contributed by atoms with Crippen molar-refractivity contribution in [3.8, 4) is 0 Å². The highest BCUT2D eigenvalue weighted by molar-refractivity contribution is 6.07. The van der Waals surface area contributed by atoms with E-state index in [-0.39, 0.29) is 5.91 Å². The minimum Gasteiger partial charge on any atom is -0.323 e. The molecule has 1 heterocycles. The number of nitrogen functional groups attached to an aromatic ring is 1. The van der Waals surface area contributed by atoms with Crippen LogP contribution in [0.25, 0.3) is 0 Å². The molecule has 1 aromatic carbocycles. The van der Waals surface area contributed by atoms with E-state index in [4.69, 9.17) is 5.84 Å². The molecule has 88 valence electrons. The van der Waals surface area contributed by atoms with Gasteiger partial charge in [-0.2, -0.15) is 5.10 Å². The highest BCUT2D eigenvalue weighted by Gasteiger charge is 2.11. The summed E-state index contributed by atoms with van der Waals surface area (Å²) in [5, 5.41) is 9.07. The van der Waals surface area contributed by atoms with E-state index < -0.39 is 0 Å². The predicted octanol–water partition coefficient (Wildman–Crippen LogP) is 1.26. The number of aryl methyl sites for hydroxylation is 1. The van der Waals surface area contributed by atoms with Gasteiger partial charge in [-0.15, -0.1) is 0 Å². The molecule has 0 radical (unpaired) electrons. The predicted molar refractivity (Wildman–Crippen MR) is 65.5 cm³/mol. The summed E-state index contributed by atoms with van der Waals surface area (Å²) in [4.78, 5) is 12.0. The molecule has 2 aromatic rings. The number of aromatic nitrogens is 2. The molecule has 0 bridgehead atoms. The molecule has 0 aliphatic carbocycles. The van der Waals surface area contributed by atoms with Gasteiger partial charge >= 0.3 is 0 Å².